The van der Waals surface area contributed by atoms with Gasteiger partial charge in [-0.1, -0.05) is 38.3 Å². The van der Waals surface area contributed by atoms with Crippen molar-refractivity contribution in [3.63, 3.8) is 0 Å². The number of amides is 2. The first-order valence-corrected chi connectivity index (χ1v) is 8.62. The van der Waals surface area contributed by atoms with Gasteiger partial charge in [0, 0.05) is 0 Å². The molecule has 2 amide bonds. The van der Waals surface area contributed by atoms with Gasteiger partial charge >= 0.3 is 5.97 Å². The topological polar surface area (TPSA) is 63.7 Å². The molecule has 1 heterocycles. The maximum atomic E-state index is 12.6. The van der Waals surface area contributed by atoms with Crippen molar-refractivity contribution >= 4 is 17.8 Å². The van der Waals surface area contributed by atoms with Gasteiger partial charge in [-0.2, -0.15) is 0 Å². The van der Waals surface area contributed by atoms with Crippen molar-refractivity contribution in [2.75, 3.05) is 0 Å². The monoisotopic (exact) mass is 331 g/mol. The lowest BCUT2D eigenvalue weighted by Crippen LogP contribution is -2.41. The molecule has 24 heavy (non-hydrogen) atoms. The van der Waals surface area contributed by atoms with Crippen molar-refractivity contribution < 1.29 is 19.1 Å². The second-order valence-electron chi connectivity index (χ2n) is 6.42. The van der Waals surface area contributed by atoms with Crippen LogP contribution in [-0.2, 0) is 9.53 Å². The van der Waals surface area contributed by atoms with Crippen molar-refractivity contribution in [2.45, 2.75) is 65.0 Å². The molecule has 0 bridgehead atoms. The van der Waals surface area contributed by atoms with E-state index in [2.05, 4.69) is 6.92 Å². The summed E-state index contributed by atoms with van der Waals surface area (Å²) in [4.78, 5) is 38.6. The highest BCUT2D eigenvalue weighted by atomic mass is 16.5. The number of carbonyl (C=O) groups excluding carboxylic acids is 3. The van der Waals surface area contributed by atoms with E-state index in [1.54, 1.807) is 38.1 Å². The maximum Gasteiger partial charge on any atom is 0.308 e. The molecule has 5 heteroatoms. The largest absolute Gasteiger partial charge is 0.463 e. The van der Waals surface area contributed by atoms with Crippen LogP contribution in [0, 0.1) is 0 Å². The van der Waals surface area contributed by atoms with Gasteiger partial charge in [0.1, 0.15) is 0 Å². The zero-order valence-corrected chi connectivity index (χ0v) is 14.6. The van der Waals surface area contributed by atoms with Crippen molar-refractivity contribution in [2.24, 2.45) is 0 Å². The molecule has 0 fully saturated rings. The maximum absolute atomic E-state index is 12.6. The molecule has 1 aromatic rings. The molecule has 0 saturated heterocycles. The lowest BCUT2D eigenvalue weighted by atomic mass is 10.0. The summed E-state index contributed by atoms with van der Waals surface area (Å²) in [5, 5.41) is 0. The minimum absolute atomic E-state index is 0.0490. The molecule has 130 valence electrons. The van der Waals surface area contributed by atoms with Gasteiger partial charge in [-0.05, 0) is 32.4 Å². The molecule has 0 aliphatic carbocycles. The molecule has 0 N–H and O–H groups in total. The normalized spacial score (nSPS) is 14.9. The highest BCUT2D eigenvalue weighted by molar-refractivity contribution is 6.21. The Kier molecular flexibility index (Phi) is 6.12. The quantitative estimate of drug-likeness (QED) is 0.415. The summed E-state index contributed by atoms with van der Waals surface area (Å²) < 4.78 is 5.21. The fraction of sp³-hybridized carbons (Fsp3) is 0.526. The summed E-state index contributed by atoms with van der Waals surface area (Å²) in [6.45, 7) is 5.65. The van der Waals surface area contributed by atoms with Gasteiger partial charge in [-0.15, -0.1) is 0 Å². The van der Waals surface area contributed by atoms with Crippen molar-refractivity contribution in [3.8, 4) is 0 Å². The Morgan fingerprint density at radius 1 is 1.08 bits per heavy atom. The Morgan fingerprint density at radius 3 is 2.17 bits per heavy atom. The molecule has 1 atom stereocenters. The molecule has 1 aliphatic rings. The van der Waals surface area contributed by atoms with Crippen molar-refractivity contribution in [1.29, 1.82) is 0 Å². The van der Waals surface area contributed by atoms with Crippen LogP contribution in [0.1, 0.15) is 73.6 Å². The van der Waals surface area contributed by atoms with Crippen LogP contribution < -0.4 is 0 Å². The second kappa shape index (κ2) is 8.08. The SMILES string of the molecule is CCCCCC(CC(=O)OC(C)C)N1C(=O)c2ccccc2C1=O. The molecule has 0 saturated carbocycles. The third-order valence-electron chi connectivity index (χ3n) is 4.10. The van der Waals surface area contributed by atoms with Crippen LogP contribution in [0.15, 0.2) is 24.3 Å². The van der Waals surface area contributed by atoms with E-state index in [-0.39, 0.29) is 30.3 Å². The molecule has 0 radical (unpaired) electrons. The highest BCUT2D eigenvalue weighted by Crippen LogP contribution is 2.28. The third-order valence-corrected chi connectivity index (χ3v) is 4.10. The number of hydrogen-bond acceptors (Lipinski definition) is 4. The zero-order chi connectivity index (χ0) is 17.7. The molecule has 1 aliphatic heterocycles. The van der Waals surface area contributed by atoms with Crippen LogP contribution >= 0.6 is 0 Å². The van der Waals surface area contributed by atoms with E-state index in [0.717, 1.165) is 19.3 Å². The summed E-state index contributed by atoms with van der Waals surface area (Å²) in [5.41, 5.74) is 0.834. The van der Waals surface area contributed by atoms with Crippen LogP contribution in [0.25, 0.3) is 0 Å². The first kappa shape index (κ1) is 18.2. The summed E-state index contributed by atoms with van der Waals surface area (Å²) >= 11 is 0. The number of imide groups is 1. The number of unbranched alkanes of at least 4 members (excludes halogenated alkanes) is 2. The van der Waals surface area contributed by atoms with Gasteiger partial charge in [0.25, 0.3) is 11.8 Å². The molecule has 0 aromatic heterocycles. The van der Waals surface area contributed by atoms with Crippen LogP contribution in [0.3, 0.4) is 0 Å². The fourth-order valence-corrected chi connectivity index (χ4v) is 3.00. The van der Waals surface area contributed by atoms with Crippen LogP contribution in [0.2, 0.25) is 0 Å². The van der Waals surface area contributed by atoms with Gasteiger partial charge in [0.15, 0.2) is 0 Å². The number of esters is 1. The summed E-state index contributed by atoms with van der Waals surface area (Å²) in [7, 11) is 0. The zero-order valence-electron chi connectivity index (χ0n) is 14.6. The van der Waals surface area contributed by atoms with Gasteiger partial charge < -0.3 is 4.74 Å². The molecule has 0 spiro atoms. The van der Waals surface area contributed by atoms with E-state index in [0.29, 0.717) is 17.5 Å². The summed E-state index contributed by atoms with van der Waals surface area (Å²) in [6.07, 6.45) is 3.35. The van der Waals surface area contributed by atoms with Gasteiger partial charge in [-0.3, -0.25) is 19.3 Å². The third kappa shape index (κ3) is 4.02. The molecule has 5 nitrogen and oxygen atoms in total. The second-order valence-corrected chi connectivity index (χ2v) is 6.42. The smallest absolute Gasteiger partial charge is 0.308 e. The number of nitrogens with zero attached hydrogens (tertiary/aromatic N) is 1. The van der Waals surface area contributed by atoms with Gasteiger partial charge in [-0.25, -0.2) is 0 Å². The number of benzene rings is 1. The standard InChI is InChI=1S/C19H25NO4/c1-4-5-6-9-14(12-17(21)24-13(2)3)20-18(22)15-10-7-8-11-16(15)19(20)23/h7-8,10-11,13-14H,4-6,9,12H2,1-3H3. The number of ether oxygens (including phenoxy) is 1. The van der Waals surface area contributed by atoms with E-state index in [4.69, 9.17) is 4.74 Å². The molecule has 2 rings (SSSR count). The number of carbonyl (C=O) groups is 3. The van der Waals surface area contributed by atoms with Crippen LogP contribution in [0.5, 0.6) is 0 Å². The number of fused-ring (bicyclic) bond motifs is 1. The van der Waals surface area contributed by atoms with E-state index < -0.39 is 6.04 Å². The van der Waals surface area contributed by atoms with Crippen LogP contribution in [0.4, 0.5) is 0 Å². The molecule has 1 aromatic carbocycles. The first-order valence-electron chi connectivity index (χ1n) is 8.62. The number of hydrogen-bond donors (Lipinski definition) is 0. The molecular formula is C19H25NO4. The number of rotatable bonds is 8. The molecule has 1 unspecified atom stereocenters. The lowest BCUT2D eigenvalue weighted by Gasteiger charge is -2.26. The predicted octanol–water partition coefficient (Wildman–Crippen LogP) is 3.57. The Balaban J connectivity index is 2.19. The van der Waals surface area contributed by atoms with E-state index in [1.807, 2.05) is 0 Å². The Labute approximate surface area is 143 Å². The average molecular weight is 331 g/mol. The van der Waals surface area contributed by atoms with E-state index in [9.17, 15) is 14.4 Å². The first-order chi connectivity index (χ1) is 11.5. The van der Waals surface area contributed by atoms with Crippen molar-refractivity contribution in [3.05, 3.63) is 35.4 Å². The van der Waals surface area contributed by atoms with Gasteiger partial charge in [0.2, 0.25) is 0 Å². The predicted molar refractivity (Wildman–Crippen MR) is 90.7 cm³/mol. The minimum Gasteiger partial charge on any atom is -0.463 e. The lowest BCUT2D eigenvalue weighted by molar-refractivity contribution is -0.148. The summed E-state index contributed by atoms with van der Waals surface area (Å²) in [5.74, 6) is -0.994. The van der Waals surface area contributed by atoms with Crippen molar-refractivity contribution in [1.82, 2.24) is 4.90 Å². The van der Waals surface area contributed by atoms with E-state index >= 15 is 0 Å². The molecular weight excluding hydrogens is 306 g/mol. The average Bonchev–Trinajstić information content (AvgIpc) is 2.78. The Hall–Kier alpha value is -2.17. The van der Waals surface area contributed by atoms with E-state index in [1.165, 1.54) is 4.90 Å². The van der Waals surface area contributed by atoms with Gasteiger partial charge in [0.05, 0.1) is 29.7 Å². The Bertz CT molecular complexity index is 589. The summed E-state index contributed by atoms with van der Waals surface area (Å²) in [6, 6.07) is 6.35. The van der Waals surface area contributed by atoms with Crippen LogP contribution in [-0.4, -0.2) is 34.8 Å². The Morgan fingerprint density at radius 2 is 1.67 bits per heavy atom. The minimum atomic E-state index is -0.449. The fourth-order valence-electron chi connectivity index (χ4n) is 3.00. The highest BCUT2D eigenvalue weighted by Gasteiger charge is 2.40.